The number of benzene rings is 4. The maximum Gasteiger partial charge on any atom is 0.416 e. The van der Waals surface area contributed by atoms with Crippen LogP contribution in [0, 0.1) is 0 Å². The van der Waals surface area contributed by atoms with Gasteiger partial charge in [0.25, 0.3) is 0 Å². The topological polar surface area (TPSA) is 0 Å². The third kappa shape index (κ3) is 27.1. The molecule has 0 unspecified atom stereocenters. The zero-order chi connectivity index (χ0) is 36.4. The summed E-state index contributed by atoms with van der Waals surface area (Å²) in [5.41, 5.74) is -0.906. The predicted octanol–water partition coefficient (Wildman–Crippen LogP) is 15.6. The van der Waals surface area contributed by atoms with Crippen molar-refractivity contribution in [3.05, 3.63) is 141 Å². The number of hydrogen-bond donors (Lipinski definition) is 0. The third-order valence-corrected chi connectivity index (χ3v) is 6.80. The Morgan fingerprint density at radius 3 is 0.957 bits per heavy atom. The van der Waals surface area contributed by atoms with Crippen LogP contribution in [0.5, 0.6) is 0 Å². The van der Waals surface area contributed by atoms with Crippen molar-refractivity contribution in [2.24, 2.45) is 0 Å². The molecule has 0 N–H and O–H groups in total. The molecule has 0 aromatic heterocycles. The van der Waals surface area contributed by atoms with Crippen LogP contribution in [0.3, 0.4) is 0 Å². The molecule has 4 aromatic carbocycles. The lowest BCUT2D eigenvalue weighted by atomic mass is 9.87. The van der Waals surface area contributed by atoms with Gasteiger partial charge in [-0.25, -0.2) is 0 Å². The summed E-state index contributed by atoms with van der Waals surface area (Å²) in [5.74, 6) is 0. The van der Waals surface area contributed by atoms with E-state index in [4.69, 9.17) is 0 Å². The summed E-state index contributed by atoms with van der Waals surface area (Å²) in [4.78, 5) is 0. The Morgan fingerprint density at radius 1 is 0.426 bits per heavy atom. The van der Waals surface area contributed by atoms with Crippen LogP contribution in [0.2, 0.25) is 0 Å². The highest BCUT2D eigenvalue weighted by Crippen LogP contribution is 2.34. The van der Waals surface area contributed by atoms with E-state index in [0.717, 1.165) is 15.0 Å². The summed E-state index contributed by atoms with van der Waals surface area (Å²) >= 11 is 6.66. The first-order valence-corrected chi connectivity index (χ1v) is 17.2. The van der Waals surface area contributed by atoms with Crippen molar-refractivity contribution in [2.75, 3.05) is 0 Å². The molecule has 0 saturated heterocycles. The molecule has 47 heavy (non-hydrogen) atoms. The Labute approximate surface area is 296 Å². The quantitative estimate of drug-likeness (QED) is 0.181. The van der Waals surface area contributed by atoms with Gasteiger partial charge in [-0.15, -0.1) is 0 Å². The third-order valence-electron chi connectivity index (χ3n) is 5.82. The lowest BCUT2D eigenvalue weighted by molar-refractivity contribution is -0.143. The maximum atomic E-state index is 12.0. The molecule has 262 valence electrons. The Hall–Kier alpha value is -2.58. The molecule has 4 rings (SSSR count). The molecule has 0 heterocycles. The lowest BCUT2D eigenvalue weighted by Gasteiger charge is -2.18. The van der Waals surface area contributed by atoms with Crippen molar-refractivity contribution in [2.45, 2.75) is 98.3 Å². The van der Waals surface area contributed by atoms with Gasteiger partial charge >= 0.3 is 12.4 Å². The fourth-order valence-corrected chi connectivity index (χ4v) is 4.11. The molecule has 0 radical (unpaired) electrons. The van der Waals surface area contributed by atoms with Crippen molar-refractivity contribution < 1.29 is 26.3 Å². The number of rotatable bonds is 3. The van der Waals surface area contributed by atoms with Gasteiger partial charge in [-0.3, -0.25) is 0 Å². The van der Waals surface area contributed by atoms with Crippen LogP contribution in [0.15, 0.2) is 124 Å². The smallest absolute Gasteiger partial charge is 0.166 e. The highest BCUT2D eigenvalue weighted by Gasteiger charge is 2.35. The van der Waals surface area contributed by atoms with Crippen molar-refractivity contribution in [1.82, 2.24) is 0 Å². The molecule has 0 atom stereocenters. The van der Waals surface area contributed by atoms with E-state index < -0.39 is 23.5 Å². The van der Waals surface area contributed by atoms with Crippen LogP contribution in [-0.2, 0) is 17.8 Å². The molecule has 0 spiro atoms. The summed E-state index contributed by atoms with van der Waals surface area (Å²) in [6.45, 7) is 15.5. The Morgan fingerprint density at radius 2 is 0.745 bits per heavy atom. The molecule has 4 aromatic rings. The zero-order valence-electron chi connectivity index (χ0n) is 28.5. The van der Waals surface area contributed by atoms with Crippen LogP contribution >= 0.6 is 31.9 Å². The second-order valence-corrected chi connectivity index (χ2v) is 13.0. The maximum absolute atomic E-state index is 12.0. The molecule has 8 heteroatoms. The molecule has 0 aliphatic rings. The lowest BCUT2D eigenvalue weighted by Crippen LogP contribution is -2.10. The van der Waals surface area contributed by atoms with E-state index in [1.54, 1.807) is 0 Å². The van der Waals surface area contributed by atoms with Crippen molar-refractivity contribution in [1.29, 1.82) is 0 Å². The first-order chi connectivity index (χ1) is 21.9. The highest BCUT2D eigenvalue weighted by atomic mass is 79.9. The van der Waals surface area contributed by atoms with Gasteiger partial charge in [0.15, 0.2) is 0 Å². The monoisotopic (exact) mass is 790 g/mol. The fourth-order valence-electron chi connectivity index (χ4n) is 3.01. The number of unbranched alkanes of at least 4 members (excludes halogenated alkanes) is 3. The standard InChI is InChI=1S/C10H14.C8H4F6.C6H4Br2.C6H6.C5H12.C4H10/c1-10(2,3)9-7-5-4-6-8-9;9-7(10,11)5-2-1-3-6(4-5)8(12,13)14;7-5-2-1-3-6(8)4-5;1-2-4-6-5-3-1;1-3-5-4-2;1-3-4-2/h4-8H,1-3H3;1-4H;1-4H;1-6H;3-5H2,1-2H3;3-4H2,1-2H3. The highest BCUT2D eigenvalue weighted by molar-refractivity contribution is 9.11. The molecular weight excluding hydrogens is 742 g/mol. The minimum Gasteiger partial charge on any atom is -0.166 e. The van der Waals surface area contributed by atoms with Crippen molar-refractivity contribution in [3.63, 3.8) is 0 Å². The van der Waals surface area contributed by atoms with Gasteiger partial charge in [0.05, 0.1) is 11.1 Å². The van der Waals surface area contributed by atoms with E-state index in [2.05, 4.69) is 111 Å². The molecule has 0 aliphatic heterocycles. The van der Waals surface area contributed by atoms with Gasteiger partial charge in [-0.1, -0.05) is 191 Å². The Balaban J connectivity index is 0. The number of hydrogen-bond acceptors (Lipinski definition) is 0. The normalized spacial score (nSPS) is 10.4. The molecule has 0 saturated carbocycles. The molecular formula is C39H50Br2F6. The van der Waals surface area contributed by atoms with Crippen LogP contribution in [0.25, 0.3) is 0 Å². The summed E-state index contributed by atoms with van der Waals surface area (Å²) in [6, 6.07) is 32.5. The van der Waals surface area contributed by atoms with Gasteiger partial charge in [0, 0.05) is 8.95 Å². The SMILES string of the molecule is Brc1cccc(Br)c1.CC(C)(C)c1ccccc1.CCCC.CCCCC.FC(F)(F)c1cccc(C(F)(F)F)c1.c1ccccc1. The second-order valence-electron chi connectivity index (χ2n) is 11.1. The first kappa shape index (κ1) is 46.5. The molecule has 0 amide bonds. The summed E-state index contributed by atoms with van der Waals surface area (Å²) < 4.78 is 74.1. The minimum absolute atomic E-state index is 0.0833. The van der Waals surface area contributed by atoms with Crippen LogP contribution in [-0.4, -0.2) is 0 Å². The van der Waals surface area contributed by atoms with E-state index in [1.807, 2.05) is 60.7 Å². The van der Waals surface area contributed by atoms with Gasteiger partial charge < -0.3 is 0 Å². The van der Waals surface area contributed by atoms with Crippen LogP contribution in [0.1, 0.15) is 97.3 Å². The van der Waals surface area contributed by atoms with Crippen LogP contribution < -0.4 is 0 Å². The molecule has 0 bridgehead atoms. The molecule has 0 nitrogen and oxygen atoms in total. The van der Waals surface area contributed by atoms with E-state index in [1.165, 1.54) is 37.7 Å². The van der Waals surface area contributed by atoms with Gasteiger partial charge in [0.1, 0.15) is 0 Å². The van der Waals surface area contributed by atoms with Crippen molar-refractivity contribution in [3.8, 4) is 0 Å². The minimum atomic E-state index is -4.75. The second kappa shape index (κ2) is 26.4. The predicted molar refractivity (Wildman–Crippen MR) is 196 cm³/mol. The number of alkyl halides is 6. The molecule has 0 fully saturated rings. The first-order valence-electron chi connectivity index (χ1n) is 15.6. The zero-order valence-corrected chi connectivity index (χ0v) is 31.7. The van der Waals surface area contributed by atoms with Gasteiger partial charge in [-0.2, -0.15) is 26.3 Å². The van der Waals surface area contributed by atoms with E-state index in [0.29, 0.717) is 17.5 Å². The molecule has 0 aliphatic carbocycles. The fraction of sp³-hybridized carbons (Fsp3) is 0.385. The van der Waals surface area contributed by atoms with Gasteiger partial charge in [-0.05, 0) is 47.4 Å². The summed E-state index contributed by atoms with van der Waals surface area (Å²) in [5, 5.41) is 0. The van der Waals surface area contributed by atoms with Crippen LogP contribution in [0.4, 0.5) is 26.3 Å². The van der Waals surface area contributed by atoms with Gasteiger partial charge in [0.2, 0.25) is 0 Å². The average molecular weight is 793 g/mol. The average Bonchev–Trinajstić information content (AvgIpc) is 3.03. The number of halogens is 8. The van der Waals surface area contributed by atoms with E-state index >= 15 is 0 Å². The van der Waals surface area contributed by atoms with E-state index in [-0.39, 0.29) is 6.07 Å². The Bertz CT molecular complexity index is 1190. The van der Waals surface area contributed by atoms with Crippen molar-refractivity contribution >= 4 is 31.9 Å². The summed E-state index contributed by atoms with van der Waals surface area (Å²) in [7, 11) is 0. The Kier molecular flexibility index (Phi) is 26.1. The summed E-state index contributed by atoms with van der Waals surface area (Å²) in [6.07, 6.45) is -2.78. The largest absolute Gasteiger partial charge is 0.416 e. The van der Waals surface area contributed by atoms with E-state index in [9.17, 15) is 26.3 Å².